The first-order chi connectivity index (χ1) is 8.78. The number of nitrogens with zero attached hydrogens (tertiary/aromatic N) is 1. The van der Waals surface area contributed by atoms with Crippen molar-refractivity contribution in [3.8, 4) is 5.75 Å². The molecule has 0 bridgehead atoms. The molecule has 0 fully saturated rings. The normalized spacial score (nSPS) is 9.61. The van der Waals surface area contributed by atoms with Crippen molar-refractivity contribution in [3.63, 3.8) is 0 Å². The van der Waals surface area contributed by atoms with E-state index in [1.165, 1.54) is 18.2 Å². The van der Waals surface area contributed by atoms with Gasteiger partial charge in [-0.3, -0.25) is 0 Å². The smallest absolute Gasteiger partial charge is 0.240 e. The van der Waals surface area contributed by atoms with Gasteiger partial charge in [-0.2, -0.15) is 4.99 Å². The predicted octanol–water partition coefficient (Wildman–Crippen LogP) is 3.37. The summed E-state index contributed by atoms with van der Waals surface area (Å²) in [5, 5.41) is 0. The molecule has 2 rings (SSSR count). The average Bonchev–Trinajstić information content (AvgIpc) is 2.37. The van der Waals surface area contributed by atoms with Crippen LogP contribution in [-0.4, -0.2) is 6.08 Å². The minimum Gasteiger partial charge on any atom is -0.489 e. The maximum Gasteiger partial charge on any atom is 0.240 e. The fraction of sp³-hybridized carbons (Fsp3) is 0.0714. The summed E-state index contributed by atoms with van der Waals surface area (Å²) >= 11 is 0. The number of isocyanates is 1. The van der Waals surface area contributed by atoms with Crippen LogP contribution in [0.25, 0.3) is 0 Å². The number of ether oxygens (including phenoxy) is 1. The molecule has 0 aliphatic rings. The number of rotatable bonds is 4. The first-order valence-electron chi connectivity index (χ1n) is 5.33. The Kier molecular flexibility index (Phi) is 3.84. The van der Waals surface area contributed by atoms with Crippen LogP contribution < -0.4 is 4.74 Å². The number of halogens is 1. The third-order valence-electron chi connectivity index (χ3n) is 2.29. The molecule has 0 N–H and O–H groups in total. The maximum absolute atomic E-state index is 12.9. The molecule has 0 spiro atoms. The van der Waals surface area contributed by atoms with Crippen LogP contribution in [-0.2, 0) is 11.4 Å². The van der Waals surface area contributed by atoms with E-state index in [0.29, 0.717) is 11.4 Å². The summed E-state index contributed by atoms with van der Waals surface area (Å²) in [5.74, 6) is 0.270. The fourth-order valence-corrected chi connectivity index (χ4v) is 1.49. The van der Waals surface area contributed by atoms with E-state index in [1.807, 2.05) is 0 Å². The molecule has 0 radical (unpaired) electrons. The van der Waals surface area contributed by atoms with E-state index in [2.05, 4.69) is 4.99 Å². The van der Waals surface area contributed by atoms with Gasteiger partial charge in [-0.05, 0) is 29.8 Å². The molecule has 0 aliphatic carbocycles. The lowest BCUT2D eigenvalue weighted by Crippen LogP contribution is -1.95. The van der Waals surface area contributed by atoms with Crippen LogP contribution in [0.1, 0.15) is 5.56 Å². The van der Waals surface area contributed by atoms with Gasteiger partial charge < -0.3 is 4.74 Å². The topological polar surface area (TPSA) is 38.7 Å². The van der Waals surface area contributed by atoms with Gasteiger partial charge in [0, 0.05) is 6.07 Å². The minimum atomic E-state index is -0.296. The molecular weight excluding hydrogens is 233 g/mol. The highest BCUT2D eigenvalue weighted by Gasteiger charge is 1.98. The Labute approximate surface area is 104 Å². The van der Waals surface area contributed by atoms with Gasteiger partial charge in [-0.25, -0.2) is 9.18 Å². The number of benzene rings is 2. The van der Waals surface area contributed by atoms with E-state index in [1.54, 1.807) is 36.4 Å². The SMILES string of the molecule is O=C=Nc1cccc(OCc2cccc(F)c2)c1. The Bertz CT molecular complexity index is 592. The van der Waals surface area contributed by atoms with Crippen LogP contribution >= 0.6 is 0 Å². The Morgan fingerprint density at radius 2 is 2.00 bits per heavy atom. The second kappa shape index (κ2) is 5.75. The Morgan fingerprint density at radius 1 is 1.17 bits per heavy atom. The zero-order valence-corrected chi connectivity index (χ0v) is 9.47. The van der Waals surface area contributed by atoms with E-state index in [4.69, 9.17) is 4.74 Å². The molecule has 4 heteroatoms. The molecule has 0 aromatic heterocycles. The largest absolute Gasteiger partial charge is 0.489 e. The van der Waals surface area contributed by atoms with Crippen LogP contribution in [0.15, 0.2) is 53.5 Å². The van der Waals surface area contributed by atoms with E-state index in [9.17, 15) is 9.18 Å². The molecule has 0 amide bonds. The van der Waals surface area contributed by atoms with Gasteiger partial charge in [0.15, 0.2) is 0 Å². The summed E-state index contributed by atoms with van der Waals surface area (Å²) in [4.78, 5) is 13.6. The lowest BCUT2D eigenvalue weighted by molar-refractivity contribution is 0.305. The fourth-order valence-electron chi connectivity index (χ4n) is 1.49. The summed E-state index contributed by atoms with van der Waals surface area (Å²) in [5.41, 5.74) is 1.21. The second-order valence-electron chi connectivity index (χ2n) is 3.62. The zero-order valence-electron chi connectivity index (χ0n) is 9.47. The molecule has 18 heavy (non-hydrogen) atoms. The molecule has 0 saturated heterocycles. The monoisotopic (exact) mass is 243 g/mol. The van der Waals surface area contributed by atoms with Crippen molar-refractivity contribution in [1.29, 1.82) is 0 Å². The van der Waals surface area contributed by atoms with Gasteiger partial charge in [0.05, 0.1) is 5.69 Å². The summed E-state index contributed by atoms with van der Waals surface area (Å²) in [6, 6.07) is 12.9. The Balaban J connectivity index is 2.06. The van der Waals surface area contributed by atoms with Crippen LogP contribution in [0.2, 0.25) is 0 Å². The molecule has 2 aromatic carbocycles. The predicted molar refractivity (Wildman–Crippen MR) is 65.0 cm³/mol. The van der Waals surface area contributed by atoms with Gasteiger partial charge >= 0.3 is 0 Å². The van der Waals surface area contributed by atoms with Crippen LogP contribution in [0.3, 0.4) is 0 Å². The van der Waals surface area contributed by atoms with Crippen LogP contribution in [0, 0.1) is 5.82 Å². The molecule has 0 unspecified atom stereocenters. The molecule has 0 heterocycles. The first-order valence-corrected chi connectivity index (χ1v) is 5.33. The third kappa shape index (κ3) is 3.27. The highest BCUT2D eigenvalue weighted by molar-refractivity contribution is 5.51. The lowest BCUT2D eigenvalue weighted by Gasteiger charge is -2.06. The summed E-state index contributed by atoms with van der Waals surface area (Å²) < 4.78 is 18.4. The van der Waals surface area contributed by atoms with Crippen molar-refractivity contribution in [2.75, 3.05) is 0 Å². The molecule has 0 saturated carbocycles. The summed E-state index contributed by atoms with van der Waals surface area (Å²) in [6.45, 7) is 0.256. The van der Waals surface area contributed by atoms with Gasteiger partial charge in [0.1, 0.15) is 18.2 Å². The third-order valence-corrected chi connectivity index (χ3v) is 2.29. The van der Waals surface area contributed by atoms with Crippen molar-refractivity contribution < 1.29 is 13.9 Å². The first kappa shape index (κ1) is 12.0. The van der Waals surface area contributed by atoms with E-state index in [0.717, 1.165) is 5.56 Å². The van der Waals surface area contributed by atoms with E-state index < -0.39 is 0 Å². The van der Waals surface area contributed by atoms with Crippen LogP contribution in [0.4, 0.5) is 10.1 Å². The molecule has 2 aromatic rings. The lowest BCUT2D eigenvalue weighted by atomic mass is 10.2. The summed E-state index contributed by atoms with van der Waals surface area (Å²) in [6.07, 6.45) is 1.46. The van der Waals surface area contributed by atoms with Crippen LogP contribution in [0.5, 0.6) is 5.75 Å². The highest BCUT2D eigenvalue weighted by atomic mass is 19.1. The standard InChI is InChI=1S/C14H10FNO2/c15-12-4-1-3-11(7-12)9-18-14-6-2-5-13(8-14)16-10-17/h1-8H,9H2. The van der Waals surface area contributed by atoms with E-state index in [-0.39, 0.29) is 12.4 Å². The average molecular weight is 243 g/mol. The number of hydrogen-bond acceptors (Lipinski definition) is 3. The summed E-state index contributed by atoms with van der Waals surface area (Å²) in [7, 11) is 0. The number of carbonyl (C=O) groups excluding carboxylic acids is 1. The molecule has 0 atom stereocenters. The van der Waals surface area contributed by atoms with Crippen molar-refractivity contribution >= 4 is 11.8 Å². The van der Waals surface area contributed by atoms with Crippen molar-refractivity contribution in [2.45, 2.75) is 6.61 Å². The Hall–Kier alpha value is -2.45. The molecular formula is C14H10FNO2. The van der Waals surface area contributed by atoms with Gasteiger partial charge in [-0.1, -0.05) is 18.2 Å². The minimum absolute atomic E-state index is 0.256. The second-order valence-corrected chi connectivity index (χ2v) is 3.62. The molecule has 3 nitrogen and oxygen atoms in total. The maximum atomic E-state index is 12.9. The van der Waals surface area contributed by atoms with Gasteiger partial charge in [-0.15, -0.1) is 0 Å². The zero-order chi connectivity index (χ0) is 12.8. The van der Waals surface area contributed by atoms with Gasteiger partial charge in [0.2, 0.25) is 6.08 Å². The molecule has 90 valence electrons. The quantitative estimate of drug-likeness (QED) is 0.610. The van der Waals surface area contributed by atoms with Gasteiger partial charge in [0.25, 0.3) is 0 Å². The number of hydrogen-bond donors (Lipinski definition) is 0. The van der Waals surface area contributed by atoms with Crippen molar-refractivity contribution in [2.24, 2.45) is 4.99 Å². The van der Waals surface area contributed by atoms with Crippen molar-refractivity contribution in [3.05, 3.63) is 59.9 Å². The molecule has 0 aliphatic heterocycles. The Morgan fingerprint density at radius 3 is 2.78 bits per heavy atom. The van der Waals surface area contributed by atoms with Crippen molar-refractivity contribution in [1.82, 2.24) is 0 Å². The highest BCUT2D eigenvalue weighted by Crippen LogP contribution is 2.20. The number of aliphatic imine (C=N–C) groups is 1. The van der Waals surface area contributed by atoms with E-state index >= 15 is 0 Å².